The molecule has 8 nitrogen and oxygen atoms in total. The van der Waals surface area contributed by atoms with E-state index in [9.17, 15) is 24.0 Å². The van der Waals surface area contributed by atoms with Gasteiger partial charge >= 0.3 is 5.97 Å². The number of hydrogen-bond donors (Lipinski definition) is 0. The van der Waals surface area contributed by atoms with Crippen LogP contribution < -0.4 is 0 Å². The van der Waals surface area contributed by atoms with E-state index in [-0.39, 0.29) is 17.7 Å². The van der Waals surface area contributed by atoms with E-state index in [1.165, 1.54) is 24.8 Å². The van der Waals surface area contributed by atoms with Crippen LogP contribution in [-0.4, -0.2) is 46.6 Å². The van der Waals surface area contributed by atoms with Crippen molar-refractivity contribution in [2.45, 2.75) is 33.6 Å². The molecule has 2 heterocycles. The van der Waals surface area contributed by atoms with Crippen molar-refractivity contribution in [1.29, 1.82) is 0 Å². The average molecular weight is 414 g/mol. The molecule has 0 saturated heterocycles. The Morgan fingerprint density at radius 1 is 0.767 bits per heavy atom. The maximum atomic E-state index is 11.0. The van der Waals surface area contributed by atoms with E-state index in [1.54, 1.807) is 13.8 Å². The summed E-state index contributed by atoms with van der Waals surface area (Å²) in [5, 5.41) is 0.447. The third kappa shape index (κ3) is 7.46. The van der Waals surface area contributed by atoms with Crippen LogP contribution in [0.5, 0.6) is 0 Å². The van der Waals surface area contributed by atoms with Gasteiger partial charge in [-0.05, 0) is 11.5 Å². The predicted molar refractivity (Wildman–Crippen MR) is 109 cm³/mol. The van der Waals surface area contributed by atoms with Gasteiger partial charge in [0.25, 0.3) is 23.6 Å². The molecule has 0 atom stereocenters. The molecular weight excluding hydrogens is 388 g/mol. The third-order valence-corrected chi connectivity index (χ3v) is 3.92. The number of imide groups is 2. The van der Waals surface area contributed by atoms with Crippen LogP contribution in [0.3, 0.4) is 0 Å². The topological polar surface area (TPSA) is 101 Å². The van der Waals surface area contributed by atoms with Crippen molar-refractivity contribution >= 4 is 29.6 Å². The monoisotopic (exact) mass is 414 g/mol. The van der Waals surface area contributed by atoms with Crippen LogP contribution in [0, 0.1) is 5.92 Å². The van der Waals surface area contributed by atoms with E-state index in [4.69, 9.17) is 0 Å². The summed E-state index contributed by atoms with van der Waals surface area (Å²) in [5.74, 6) is -2.05. The first kappa shape index (κ1) is 24.5. The fourth-order valence-electron chi connectivity index (χ4n) is 1.98. The molecule has 0 unspecified atom stereocenters. The van der Waals surface area contributed by atoms with Crippen molar-refractivity contribution in [1.82, 2.24) is 9.96 Å². The van der Waals surface area contributed by atoms with Gasteiger partial charge in [0.05, 0.1) is 5.92 Å². The molecule has 3 rings (SSSR count). The highest BCUT2D eigenvalue weighted by molar-refractivity contribution is 6.13. The Kier molecular flexibility index (Phi) is 9.35. The summed E-state index contributed by atoms with van der Waals surface area (Å²) < 4.78 is 0. The lowest BCUT2D eigenvalue weighted by molar-refractivity contribution is -0.198. The maximum Gasteiger partial charge on any atom is 0.335 e. The van der Waals surface area contributed by atoms with E-state index in [2.05, 4.69) is 43.0 Å². The summed E-state index contributed by atoms with van der Waals surface area (Å²) in [6, 6.07) is 10.5. The summed E-state index contributed by atoms with van der Waals surface area (Å²) in [4.78, 5) is 59.2. The summed E-state index contributed by atoms with van der Waals surface area (Å²) in [7, 11) is 1.45. The zero-order valence-electron chi connectivity index (χ0n) is 17.7. The lowest BCUT2D eigenvalue weighted by Crippen LogP contribution is -2.34. The second-order valence-electron chi connectivity index (χ2n) is 7.00. The quantitative estimate of drug-likeness (QED) is 0.704. The molecular formula is C22H26N2O6. The first-order valence-corrected chi connectivity index (χ1v) is 9.37. The van der Waals surface area contributed by atoms with Gasteiger partial charge in [0.15, 0.2) is 0 Å². The molecule has 0 N–H and O–H groups in total. The lowest BCUT2D eigenvalue weighted by Gasteiger charge is -2.13. The second kappa shape index (κ2) is 11.5. The smallest absolute Gasteiger partial charge is 0.330 e. The zero-order valence-corrected chi connectivity index (χ0v) is 17.7. The fourth-order valence-corrected chi connectivity index (χ4v) is 1.98. The van der Waals surface area contributed by atoms with Crippen molar-refractivity contribution < 1.29 is 28.8 Å². The Morgan fingerprint density at radius 3 is 1.50 bits per heavy atom. The lowest BCUT2D eigenvalue weighted by atomic mass is 10.0. The number of rotatable bonds is 3. The predicted octanol–water partition coefficient (Wildman–Crippen LogP) is 2.38. The van der Waals surface area contributed by atoms with Gasteiger partial charge in [0.2, 0.25) is 0 Å². The fraction of sp³-hybridized carbons (Fsp3) is 0.318. The van der Waals surface area contributed by atoms with Crippen molar-refractivity contribution in [3.05, 3.63) is 60.2 Å². The molecule has 0 saturated carbocycles. The number of hydroxylamine groups is 2. The molecule has 0 radical (unpaired) electrons. The van der Waals surface area contributed by atoms with Gasteiger partial charge < -0.3 is 4.84 Å². The molecule has 2 aliphatic heterocycles. The highest BCUT2D eigenvalue weighted by atomic mass is 16.7. The van der Waals surface area contributed by atoms with E-state index in [0.29, 0.717) is 11.0 Å². The van der Waals surface area contributed by atoms with Crippen molar-refractivity contribution in [3.8, 4) is 0 Å². The highest BCUT2D eigenvalue weighted by Gasteiger charge is 2.28. The molecule has 2 aliphatic rings. The molecule has 1 aromatic rings. The van der Waals surface area contributed by atoms with Crippen LogP contribution in [0.2, 0.25) is 0 Å². The molecule has 8 heteroatoms. The van der Waals surface area contributed by atoms with E-state index < -0.39 is 17.8 Å². The van der Waals surface area contributed by atoms with Crippen LogP contribution in [0.15, 0.2) is 54.6 Å². The average Bonchev–Trinajstić information content (AvgIpc) is 3.19. The number of likely N-dealkylation sites (N-methyl/N-ethyl adjacent to an activating group) is 1. The number of hydrogen-bond acceptors (Lipinski definition) is 6. The molecule has 160 valence electrons. The molecule has 1 aromatic carbocycles. The van der Waals surface area contributed by atoms with Gasteiger partial charge in [0, 0.05) is 31.4 Å². The molecule has 30 heavy (non-hydrogen) atoms. The highest BCUT2D eigenvalue weighted by Crippen LogP contribution is 2.11. The summed E-state index contributed by atoms with van der Waals surface area (Å²) in [6.45, 7) is 7.63. The van der Waals surface area contributed by atoms with Gasteiger partial charge in [-0.1, -0.05) is 63.1 Å². The van der Waals surface area contributed by atoms with E-state index in [0.717, 1.165) is 17.1 Å². The first-order valence-electron chi connectivity index (χ1n) is 9.37. The number of benzene rings is 1. The number of carbonyl (C=O) groups excluding carboxylic acids is 5. The van der Waals surface area contributed by atoms with Crippen LogP contribution in [0.1, 0.15) is 39.2 Å². The van der Waals surface area contributed by atoms with Gasteiger partial charge in [-0.2, -0.15) is 0 Å². The minimum Gasteiger partial charge on any atom is -0.330 e. The summed E-state index contributed by atoms with van der Waals surface area (Å²) >= 11 is 0. The van der Waals surface area contributed by atoms with Crippen LogP contribution in [0.25, 0.3) is 0 Å². The van der Waals surface area contributed by atoms with Crippen molar-refractivity contribution in [2.24, 2.45) is 5.92 Å². The first-order chi connectivity index (χ1) is 14.0. The Balaban J connectivity index is 0.000000234. The normalized spacial score (nSPS) is 14.8. The minimum absolute atomic E-state index is 0.241. The second-order valence-corrected chi connectivity index (χ2v) is 7.00. The Labute approximate surface area is 175 Å². The van der Waals surface area contributed by atoms with Crippen LogP contribution in [0.4, 0.5) is 0 Å². The molecule has 0 spiro atoms. The Bertz CT molecular complexity index is 820. The molecule has 0 bridgehead atoms. The van der Waals surface area contributed by atoms with Gasteiger partial charge in [-0.15, -0.1) is 0 Å². The number of nitrogens with zero attached hydrogens (tertiary/aromatic N) is 2. The standard InChI is InChI=1S/C9H12.C8H9NO4.C5H5NO2/c1-8(2)9-6-4-3-5-7-9;1-5(2)8(12)13-9-6(10)3-4-7(9)11;1-6-4(7)2-3-5(6)8/h3-8H,1-2H3;3-5H,1-2H3;2-3H,1H3. The van der Waals surface area contributed by atoms with Gasteiger partial charge in [0.1, 0.15) is 0 Å². The van der Waals surface area contributed by atoms with Gasteiger partial charge in [-0.25, -0.2) is 4.79 Å². The summed E-state index contributed by atoms with van der Waals surface area (Å²) in [6.07, 6.45) is 4.61. The maximum absolute atomic E-state index is 11.0. The van der Waals surface area contributed by atoms with Crippen molar-refractivity contribution in [2.75, 3.05) is 7.05 Å². The number of carbonyl (C=O) groups is 5. The largest absolute Gasteiger partial charge is 0.335 e. The van der Waals surface area contributed by atoms with E-state index in [1.807, 2.05) is 6.07 Å². The Morgan fingerprint density at radius 2 is 1.20 bits per heavy atom. The van der Waals surface area contributed by atoms with Crippen molar-refractivity contribution in [3.63, 3.8) is 0 Å². The van der Waals surface area contributed by atoms with Gasteiger partial charge in [-0.3, -0.25) is 24.1 Å². The zero-order chi connectivity index (χ0) is 22.8. The molecule has 0 aliphatic carbocycles. The number of amides is 4. The SMILES string of the molecule is CC(C)C(=O)ON1C(=O)C=CC1=O.CC(C)c1ccccc1.CN1C(=O)C=CC1=O. The molecule has 4 amide bonds. The molecule has 0 fully saturated rings. The third-order valence-electron chi connectivity index (χ3n) is 3.92. The van der Waals surface area contributed by atoms with Crippen LogP contribution in [-0.2, 0) is 28.8 Å². The van der Waals surface area contributed by atoms with Crippen LogP contribution >= 0.6 is 0 Å². The van der Waals surface area contributed by atoms with E-state index >= 15 is 0 Å². The Hall–Kier alpha value is -3.55. The summed E-state index contributed by atoms with van der Waals surface area (Å²) in [5.41, 5.74) is 1.41. The molecule has 0 aromatic heterocycles. The minimum atomic E-state index is -0.626.